The van der Waals surface area contributed by atoms with Gasteiger partial charge in [-0.3, -0.25) is 5.01 Å². The zero-order chi connectivity index (χ0) is 10.1. The minimum absolute atomic E-state index is 0.173. The molecule has 1 heterocycles. The number of hydrogen-bond donors (Lipinski definition) is 1. The Morgan fingerprint density at radius 1 is 1.62 bits per heavy atom. The van der Waals surface area contributed by atoms with Crippen molar-refractivity contribution in [2.24, 2.45) is 10.9 Å². The summed E-state index contributed by atoms with van der Waals surface area (Å²) in [7, 11) is -4.44. The van der Waals surface area contributed by atoms with Gasteiger partial charge in [0, 0.05) is 0 Å². The van der Waals surface area contributed by atoms with E-state index in [1.165, 1.54) is 23.3 Å². The van der Waals surface area contributed by atoms with Crippen LogP contribution in [-0.2, 0) is 4.29 Å². The number of hydrogen-bond acceptors (Lipinski definition) is 8. The number of nitrogens with two attached hydrogens (primary N) is 1. The third-order valence-corrected chi connectivity index (χ3v) is 1.79. The van der Waals surface area contributed by atoms with E-state index in [0.717, 1.165) is 0 Å². The molecule has 0 spiro atoms. The van der Waals surface area contributed by atoms with Gasteiger partial charge >= 0.3 is 0 Å². The van der Waals surface area contributed by atoms with Crippen molar-refractivity contribution in [1.82, 2.24) is 10.0 Å². The summed E-state index contributed by atoms with van der Waals surface area (Å²) in [5.74, 6) is 5.28. The van der Waals surface area contributed by atoms with Crippen LogP contribution in [0, 0.1) is 10.2 Å². The van der Waals surface area contributed by atoms with Gasteiger partial charge in [-0.15, -0.1) is 0 Å². The van der Waals surface area contributed by atoms with E-state index < -0.39 is 16.5 Å². The summed E-state index contributed by atoms with van der Waals surface area (Å²) in [4.78, 5) is 0. The molecule has 1 aliphatic heterocycles. The van der Waals surface area contributed by atoms with Crippen LogP contribution in [0.1, 0.15) is 6.92 Å². The van der Waals surface area contributed by atoms with Gasteiger partial charge in [-0.2, -0.15) is 19.1 Å². The van der Waals surface area contributed by atoms with Crippen molar-refractivity contribution in [1.29, 1.82) is 0 Å². The van der Waals surface area contributed by atoms with Crippen LogP contribution in [0.3, 0.4) is 0 Å². The first-order valence-corrected chi connectivity index (χ1v) is 4.53. The molecule has 0 amide bonds. The normalized spacial score (nSPS) is 19.8. The van der Waals surface area contributed by atoms with E-state index in [1.54, 1.807) is 0 Å². The Kier molecular flexibility index (Phi) is 2.91. The molecule has 0 aromatic heterocycles. The van der Waals surface area contributed by atoms with E-state index in [9.17, 15) is 14.0 Å². The Morgan fingerprint density at radius 3 is 2.62 bits per heavy atom. The summed E-state index contributed by atoms with van der Waals surface area (Å²) in [6.45, 7) is 1.55. The van der Waals surface area contributed by atoms with Gasteiger partial charge in [-0.1, -0.05) is 0 Å². The fourth-order valence-electron chi connectivity index (χ4n) is 0.786. The highest BCUT2D eigenvalue weighted by molar-refractivity contribution is 5.54. The van der Waals surface area contributed by atoms with E-state index in [-0.39, 0.29) is 6.67 Å². The van der Waals surface area contributed by atoms with E-state index in [4.69, 9.17) is 5.84 Å². The van der Waals surface area contributed by atoms with Gasteiger partial charge in [0.15, 0.2) is 0 Å². The first-order chi connectivity index (χ1) is 5.88. The SMILES string of the molecule is CC(O[Cl+3]([O-])([O-])[O-])N1CN(N)C=N1. The molecule has 0 fully saturated rings. The Balaban J connectivity index is 2.41. The molecule has 0 saturated carbocycles. The Labute approximate surface area is 76.5 Å². The topological polar surface area (TPSA) is 123 Å². The van der Waals surface area contributed by atoms with E-state index in [0.29, 0.717) is 0 Å². The predicted molar refractivity (Wildman–Crippen MR) is 31.8 cm³/mol. The van der Waals surface area contributed by atoms with Gasteiger partial charge in [0.1, 0.15) is 13.0 Å². The zero-order valence-corrected chi connectivity index (χ0v) is 7.55. The van der Waals surface area contributed by atoms with Crippen molar-refractivity contribution in [3.8, 4) is 0 Å². The molecular formula is C4H9ClN4O4. The third kappa shape index (κ3) is 3.30. The molecule has 0 radical (unpaired) electrons. The minimum Gasteiger partial charge on any atom is -0.278 e. The monoisotopic (exact) mass is 212 g/mol. The second kappa shape index (κ2) is 3.62. The third-order valence-electron chi connectivity index (χ3n) is 1.31. The highest BCUT2D eigenvalue weighted by Crippen LogP contribution is 2.08. The molecule has 0 aromatic carbocycles. The quantitative estimate of drug-likeness (QED) is 0.469. The average Bonchev–Trinajstić information content (AvgIpc) is 2.31. The fourth-order valence-corrected chi connectivity index (χ4v) is 1.19. The lowest BCUT2D eigenvalue weighted by Crippen LogP contribution is -2.63. The van der Waals surface area contributed by atoms with Crippen LogP contribution in [0.25, 0.3) is 0 Å². The first-order valence-electron chi connectivity index (χ1n) is 3.30. The molecule has 0 bridgehead atoms. The molecule has 0 saturated heterocycles. The summed E-state index contributed by atoms with van der Waals surface area (Å²) >= 11 is 0. The molecule has 1 atom stereocenters. The zero-order valence-electron chi connectivity index (χ0n) is 6.79. The number of rotatable bonds is 3. The van der Waals surface area contributed by atoms with Crippen LogP contribution in [0.15, 0.2) is 5.10 Å². The van der Waals surface area contributed by atoms with Crippen molar-refractivity contribution in [3.63, 3.8) is 0 Å². The molecule has 0 aromatic rings. The van der Waals surface area contributed by atoms with Gasteiger partial charge in [-0.05, 0) is 6.92 Å². The first kappa shape index (κ1) is 10.4. The molecule has 13 heavy (non-hydrogen) atoms. The fraction of sp³-hybridized carbons (Fsp3) is 0.750. The lowest BCUT2D eigenvalue weighted by Gasteiger charge is -2.21. The highest BCUT2D eigenvalue weighted by Gasteiger charge is 2.31. The lowest BCUT2D eigenvalue weighted by molar-refractivity contribution is -1.92. The molecule has 76 valence electrons. The van der Waals surface area contributed by atoms with Crippen LogP contribution in [0.2, 0.25) is 0 Å². The Bertz CT molecular complexity index is 207. The number of nitrogens with zero attached hydrogens (tertiary/aromatic N) is 3. The second-order valence-corrected chi connectivity index (χ2v) is 3.33. The maximum absolute atomic E-state index is 10.2. The van der Waals surface area contributed by atoms with Crippen molar-refractivity contribution in [2.45, 2.75) is 13.2 Å². The lowest BCUT2D eigenvalue weighted by atomic mass is 10.6. The molecule has 1 unspecified atom stereocenters. The van der Waals surface area contributed by atoms with Crippen LogP contribution in [0.4, 0.5) is 0 Å². The molecule has 2 N–H and O–H groups in total. The summed E-state index contributed by atoms with van der Waals surface area (Å²) < 4.78 is 34.5. The summed E-state index contributed by atoms with van der Waals surface area (Å²) in [6.07, 6.45) is 0.322. The van der Waals surface area contributed by atoms with Crippen LogP contribution in [0.5, 0.6) is 0 Å². The van der Waals surface area contributed by atoms with E-state index in [1.807, 2.05) is 0 Å². The van der Waals surface area contributed by atoms with E-state index in [2.05, 4.69) is 9.39 Å². The van der Waals surface area contributed by atoms with Gasteiger partial charge in [0.2, 0.25) is 0 Å². The second-order valence-electron chi connectivity index (χ2n) is 2.39. The molecular weight excluding hydrogens is 204 g/mol. The maximum atomic E-state index is 10.2. The van der Waals surface area contributed by atoms with Gasteiger partial charge < -0.3 is 0 Å². The molecule has 1 rings (SSSR count). The number of hydrazine groups is 1. The van der Waals surface area contributed by atoms with Crippen molar-refractivity contribution < 1.29 is 28.5 Å². The van der Waals surface area contributed by atoms with Crippen molar-refractivity contribution in [2.75, 3.05) is 6.67 Å². The van der Waals surface area contributed by atoms with Crippen LogP contribution < -0.4 is 19.8 Å². The van der Waals surface area contributed by atoms with Gasteiger partial charge in [0.05, 0.1) is 14.5 Å². The van der Waals surface area contributed by atoms with Gasteiger partial charge in [-0.25, -0.2) is 10.9 Å². The molecule has 8 nitrogen and oxygen atoms in total. The summed E-state index contributed by atoms with van der Waals surface area (Å²) in [5, 5.41) is 6.10. The number of halogens is 1. The highest BCUT2D eigenvalue weighted by atomic mass is 35.7. The Morgan fingerprint density at radius 2 is 2.23 bits per heavy atom. The van der Waals surface area contributed by atoms with Crippen LogP contribution >= 0.6 is 0 Å². The molecule has 0 aliphatic carbocycles. The van der Waals surface area contributed by atoms with Crippen molar-refractivity contribution >= 4 is 6.34 Å². The number of hydrazone groups is 1. The standard InChI is InChI=1S/C4H9ClN4O4/c1-4(13-5(10,11)12)9-3-8(6)2-7-9/h2,4H,3,6H2,1H3. The van der Waals surface area contributed by atoms with Gasteiger partial charge in [0.25, 0.3) is 6.23 Å². The van der Waals surface area contributed by atoms with Crippen LogP contribution in [-0.4, -0.2) is 29.3 Å². The maximum Gasteiger partial charge on any atom is 0.300 e. The smallest absolute Gasteiger partial charge is 0.278 e. The largest absolute Gasteiger partial charge is 0.300 e. The summed E-state index contributed by atoms with van der Waals surface area (Å²) in [5.41, 5.74) is 0. The summed E-state index contributed by atoms with van der Waals surface area (Å²) in [6, 6.07) is 0. The van der Waals surface area contributed by atoms with E-state index >= 15 is 0 Å². The molecule has 9 heteroatoms. The minimum atomic E-state index is -4.44. The van der Waals surface area contributed by atoms with Crippen molar-refractivity contribution in [3.05, 3.63) is 0 Å². The predicted octanol–water partition coefficient (Wildman–Crippen LogP) is -4.36. The molecule has 1 aliphatic rings. The Hall–Kier alpha value is -0.640. The average molecular weight is 213 g/mol.